The molecule has 29 heavy (non-hydrogen) atoms. The number of nitrogens with two attached hydrogens (primary N) is 1. The largest absolute Gasteiger partial charge is 0.489 e. The number of nitrogens with one attached hydrogen (secondary N) is 1. The van der Waals surface area contributed by atoms with Crippen LogP contribution in [0.5, 0.6) is 5.75 Å². The van der Waals surface area contributed by atoms with Crippen molar-refractivity contribution < 1.29 is 4.74 Å². The first-order valence-corrected chi connectivity index (χ1v) is 11.1. The van der Waals surface area contributed by atoms with Crippen molar-refractivity contribution in [2.24, 2.45) is 5.73 Å². The van der Waals surface area contributed by atoms with Crippen LogP contribution in [0.25, 0.3) is 22.2 Å². The Morgan fingerprint density at radius 1 is 0.897 bits per heavy atom. The summed E-state index contributed by atoms with van der Waals surface area (Å²) in [7, 11) is 0. The fourth-order valence-electron chi connectivity index (χ4n) is 3.66. The van der Waals surface area contributed by atoms with Crippen LogP contribution in [0.2, 0.25) is 0 Å². The summed E-state index contributed by atoms with van der Waals surface area (Å²) in [6.45, 7) is 1.30. The highest BCUT2D eigenvalue weighted by Crippen LogP contribution is 2.35. The van der Waals surface area contributed by atoms with Crippen molar-refractivity contribution in [1.82, 2.24) is 4.98 Å². The molecule has 1 heterocycles. The van der Waals surface area contributed by atoms with Gasteiger partial charge in [0.05, 0.1) is 5.69 Å². The quantitative estimate of drug-likeness (QED) is 0.222. The minimum absolute atomic E-state index is 0.572. The molecule has 4 rings (SSSR count). The standard InChI is InChI=1S/C25H25IN2O/c26-23-12-5-4-11-21(23)25-20(10-6-7-15-27)22-16-19(13-14-24(22)28-25)29-17-18-8-2-1-3-9-18/h1-5,8-9,11-14,16,28H,6-7,10,15,17,27H2. The molecule has 0 aliphatic carbocycles. The molecule has 0 amide bonds. The second-order valence-corrected chi connectivity index (χ2v) is 8.35. The number of H-pyrrole nitrogens is 1. The maximum absolute atomic E-state index is 6.08. The van der Waals surface area contributed by atoms with Gasteiger partial charge in [-0.3, -0.25) is 0 Å². The van der Waals surface area contributed by atoms with Gasteiger partial charge in [0.2, 0.25) is 0 Å². The van der Waals surface area contributed by atoms with E-state index in [2.05, 4.69) is 76.1 Å². The summed E-state index contributed by atoms with van der Waals surface area (Å²) in [5.41, 5.74) is 11.9. The monoisotopic (exact) mass is 496 g/mol. The number of aromatic amines is 1. The first kappa shape index (κ1) is 20.0. The van der Waals surface area contributed by atoms with Crippen LogP contribution in [-0.4, -0.2) is 11.5 Å². The molecule has 0 saturated carbocycles. The van der Waals surface area contributed by atoms with Crippen LogP contribution in [-0.2, 0) is 13.0 Å². The molecule has 0 spiro atoms. The van der Waals surface area contributed by atoms with E-state index in [1.807, 2.05) is 24.3 Å². The van der Waals surface area contributed by atoms with E-state index >= 15 is 0 Å². The molecule has 0 fully saturated rings. The van der Waals surface area contributed by atoms with Crippen molar-refractivity contribution in [3.8, 4) is 17.0 Å². The lowest BCUT2D eigenvalue weighted by molar-refractivity contribution is 0.306. The molecule has 4 heteroatoms. The SMILES string of the molecule is NCCCCc1c(-c2ccccc2I)[nH]c2ccc(OCc3ccccc3)cc12. The van der Waals surface area contributed by atoms with Crippen molar-refractivity contribution in [3.63, 3.8) is 0 Å². The Balaban J connectivity index is 1.70. The fraction of sp³-hybridized carbons (Fsp3) is 0.200. The van der Waals surface area contributed by atoms with E-state index in [1.165, 1.54) is 31.3 Å². The highest BCUT2D eigenvalue weighted by Gasteiger charge is 2.15. The maximum atomic E-state index is 6.08. The molecule has 0 radical (unpaired) electrons. The van der Waals surface area contributed by atoms with Crippen molar-refractivity contribution >= 4 is 33.5 Å². The third kappa shape index (κ3) is 4.65. The number of fused-ring (bicyclic) bond motifs is 1. The van der Waals surface area contributed by atoms with E-state index in [9.17, 15) is 0 Å². The highest BCUT2D eigenvalue weighted by atomic mass is 127. The summed E-state index contributed by atoms with van der Waals surface area (Å²) >= 11 is 2.41. The van der Waals surface area contributed by atoms with Gasteiger partial charge in [-0.05, 0) is 83.8 Å². The smallest absolute Gasteiger partial charge is 0.120 e. The Morgan fingerprint density at radius 2 is 1.69 bits per heavy atom. The maximum Gasteiger partial charge on any atom is 0.120 e. The summed E-state index contributed by atoms with van der Waals surface area (Å²) in [5, 5.41) is 1.24. The molecule has 0 aliphatic rings. The summed E-state index contributed by atoms with van der Waals surface area (Å²) in [6, 6.07) is 25.1. The van der Waals surface area contributed by atoms with Gasteiger partial charge in [0, 0.05) is 20.0 Å². The van der Waals surface area contributed by atoms with Gasteiger partial charge in [-0.25, -0.2) is 0 Å². The van der Waals surface area contributed by atoms with Gasteiger partial charge >= 0.3 is 0 Å². The predicted molar refractivity (Wildman–Crippen MR) is 129 cm³/mol. The van der Waals surface area contributed by atoms with Gasteiger partial charge in [0.15, 0.2) is 0 Å². The summed E-state index contributed by atoms with van der Waals surface area (Å²) in [5.74, 6) is 0.898. The van der Waals surface area contributed by atoms with Crippen molar-refractivity contribution in [2.75, 3.05) is 6.54 Å². The minimum Gasteiger partial charge on any atom is -0.489 e. The number of unbranched alkanes of at least 4 members (excludes halogenated alkanes) is 1. The number of aromatic nitrogens is 1. The van der Waals surface area contributed by atoms with E-state index in [0.29, 0.717) is 6.61 Å². The normalized spacial score (nSPS) is 11.1. The molecule has 1 aromatic heterocycles. The fourth-order valence-corrected chi connectivity index (χ4v) is 4.31. The molecule has 148 valence electrons. The van der Waals surface area contributed by atoms with Crippen LogP contribution >= 0.6 is 22.6 Å². The average Bonchev–Trinajstić information content (AvgIpc) is 3.11. The Kier molecular flexibility index (Phi) is 6.52. The Hall–Kier alpha value is -2.31. The lowest BCUT2D eigenvalue weighted by atomic mass is 10.00. The Morgan fingerprint density at radius 3 is 2.48 bits per heavy atom. The van der Waals surface area contributed by atoms with E-state index < -0.39 is 0 Å². The molecular formula is C25H25IN2O. The van der Waals surface area contributed by atoms with Crippen molar-refractivity contribution in [3.05, 3.63) is 87.5 Å². The van der Waals surface area contributed by atoms with Crippen LogP contribution < -0.4 is 10.5 Å². The van der Waals surface area contributed by atoms with Gasteiger partial charge in [0.25, 0.3) is 0 Å². The zero-order chi connectivity index (χ0) is 20.1. The third-order valence-corrected chi connectivity index (χ3v) is 6.09. The van der Waals surface area contributed by atoms with Gasteiger partial charge in [-0.15, -0.1) is 0 Å². The van der Waals surface area contributed by atoms with Crippen LogP contribution in [0.15, 0.2) is 72.8 Å². The zero-order valence-corrected chi connectivity index (χ0v) is 18.5. The summed E-state index contributed by atoms with van der Waals surface area (Å²) in [4.78, 5) is 3.66. The van der Waals surface area contributed by atoms with Crippen molar-refractivity contribution in [1.29, 1.82) is 0 Å². The number of aryl methyl sites for hydroxylation is 1. The van der Waals surface area contributed by atoms with Crippen LogP contribution in [0, 0.1) is 3.57 Å². The van der Waals surface area contributed by atoms with E-state index in [1.54, 1.807) is 0 Å². The molecule has 0 bridgehead atoms. The summed E-state index contributed by atoms with van der Waals surface area (Å²) in [6.07, 6.45) is 3.11. The molecule has 3 nitrogen and oxygen atoms in total. The molecule has 0 aliphatic heterocycles. The summed E-state index contributed by atoms with van der Waals surface area (Å²) < 4.78 is 7.33. The molecule has 3 N–H and O–H groups in total. The number of hydrogen-bond acceptors (Lipinski definition) is 2. The Labute approximate surface area is 185 Å². The average molecular weight is 496 g/mol. The van der Waals surface area contributed by atoms with E-state index in [4.69, 9.17) is 10.5 Å². The molecule has 4 aromatic rings. The number of benzene rings is 3. The van der Waals surface area contributed by atoms with Crippen LogP contribution in [0.4, 0.5) is 0 Å². The topological polar surface area (TPSA) is 51.0 Å². The number of ether oxygens (including phenoxy) is 1. The molecular weight excluding hydrogens is 471 g/mol. The second-order valence-electron chi connectivity index (χ2n) is 7.19. The third-order valence-electron chi connectivity index (χ3n) is 5.15. The van der Waals surface area contributed by atoms with E-state index in [-0.39, 0.29) is 0 Å². The number of hydrogen-bond donors (Lipinski definition) is 2. The minimum atomic E-state index is 0.572. The first-order chi connectivity index (χ1) is 14.3. The first-order valence-electron chi connectivity index (χ1n) is 10.0. The Bertz CT molecular complexity index is 1090. The lowest BCUT2D eigenvalue weighted by Gasteiger charge is -2.08. The highest BCUT2D eigenvalue weighted by molar-refractivity contribution is 14.1. The number of rotatable bonds is 8. The predicted octanol–water partition coefficient (Wildman–Crippen LogP) is 6.30. The van der Waals surface area contributed by atoms with E-state index in [0.717, 1.165) is 37.1 Å². The van der Waals surface area contributed by atoms with Gasteiger partial charge < -0.3 is 15.5 Å². The molecule has 3 aromatic carbocycles. The molecule has 0 atom stereocenters. The van der Waals surface area contributed by atoms with Gasteiger partial charge in [-0.1, -0.05) is 48.5 Å². The van der Waals surface area contributed by atoms with Gasteiger partial charge in [0.1, 0.15) is 12.4 Å². The molecule has 0 unspecified atom stereocenters. The van der Waals surface area contributed by atoms with Crippen molar-refractivity contribution in [2.45, 2.75) is 25.9 Å². The second kappa shape index (κ2) is 9.46. The van der Waals surface area contributed by atoms with Crippen LogP contribution in [0.1, 0.15) is 24.0 Å². The van der Waals surface area contributed by atoms with Crippen LogP contribution in [0.3, 0.4) is 0 Å². The lowest BCUT2D eigenvalue weighted by Crippen LogP contribution is -1.99. The number of halogens is 1. The zero-order valence-electron chi connectivity index (χ0n) is 16.3. The molecule has 0 saturated heterocycles. The van der Waals surface area contributed by atoms with Gasteiger partial charge in [-0.2, -0.15) is 0 Å².